The van der Waals surface area contributed by atoms with Crippen molar-refractivity contribution in [2.75, 3.05) is 19.5 Å². The van der Waals surface area contributed by atoms with Gasteiger partial charge in [-0.25, -0.2) is 19.3 Å². The fraction of sp³-hybridized carbons (Fsp3) is 0.400. The van der Waals surface area contributed by atoms with Crippen molar-refractivity contribution in [2.24, 2.45) is 0 Å². The Morgan fingerprint density at radius 2 is 2.03 bits per heavy atom. The van der Waals surface area contributed by atoms with Gasteiger partial charge in [0.1, 0.15) is 5.39 Å². The highest BCUT2D eigenvalue weighted by molar-refractivity contribution is 7.98. The second-order valence-corrected chi connectivity index (χ2v) is 8.49. The second kappa shape index (κ2) is 9.70. The van der Waals surface area contributed by atoms with Crippen LogP contribution >= 0.6 is 35.0 Å². The van der Waals surface area contributed by atoms with Crippen molar-refractivity contribution in [3.63, 3.8) is 0 Å². The first-order valence-electron chi connectivity index (χ1n) is 9.75. The zero-order valence-corrected chi connectivity index (χ0v) is 19.0. The smallest absolute Gasteiger partial charge is 0.337 e. The van der Waals surface area contributed by atoms with Crippen LogP contribution in [0.1, 0.15) is 19.3 Å². The van der Waals surface area contributed by atoms with E-state index in [9.17, 15) is 9.59 Å². The van der Waals surface area contributed by atoms with Crippen molar-refractivity contribution >= 4 is 46.0 Å². The standard InChI is InChI=1S/C20H20Cl2N4O4S/c1-31-19-23-11-12-17(24-19)25(8-10-30-15-7-2-3-9-29-15)20(28)26(18(12)27)16-13(21)5-4-6-14(16)22/h4-6,11,15H,2-3,7-10H2,1H3. The predicted octanol–water partition coefficient (Wildman–Crippen LogP) is 3.51. The van der Waals surface area contributed by atoms with Crippen molar-refractivity contribution in [3.8, 4) is 5.69 Å². The lowest BCUT2D eigenvalue weighted by molar-refractivity contribution is -0.163. The minimum Gasteiger partial charge on any atom is -0.353 e. The molecule has 2 aromatic heterocycles. The minimum absolute atomic E-state index is 0.127. The van der Waals surface area contributed by atoms with Crippen molar-refractivity contribution in [1.82, 2.24) is 19.1 Å². The molecule has 0 saturated carbocycles. The summed E-state index contributed by atoms with van der Waals surface area (Å²) in [7, 11) is 0. The Morgan fingerprint density at radius 1 is 1.26 bits per heavy atom. The molecule has 164 valence electrons. The van der Waals surface area contributed by atoms with E-state index in [2.05, 4.69) is 9.97 Å². The van der Waals surface area contributed by atoms with Crippen molar-refractivity contribution in [2.45, 2.75) is 37.3 Å². The van der Waals surface area contributed by atoms with Crippen LogP contribution in [0.25, 0.3) is 16.7 Å². The summed E-state index contributed by atoms with van der Waals surface area (Å²) in [5.41, 5.74) is -0.828. The summed E-state index contributed by atoms with van der Waals surface area (Å²) >= 11 is 13.9. The number of aromatic nitrogens is 4. The Bertz CT molecular complexity index is 1200. The SMILES string of the molecule is CSc1ncc2c(=O)n(-c3c(Cl)cccc3Cl)c(=O)n(CCOC3CCCCO3)c2n1. The zero-order valence-electron chi connectivity index (χ0n) is 16.7. The Morgan fingerprint density at radius 3 is 2.71 bits per heavy atom. The van der Waals surface area contributed by atoms with E-state index < -0.39 is 11.2 Å². The topological polar surface area (TPSA) is 88.2 Å². The maximum Gasteiger partial charge on any atom is 0.337 e. The molecular formula is C20H20Cl2N4O4S. The third-order valence-electron chi connectivity index (χ3n) is 4.96. The maximum atomic E-state index is 13.4. The summed E-state index contributed by atoms with van der Waals surface area (Å²) in [5.74, 6) is 0. The molecule has 1 saturated heterocycles. The highest BCUT2D eigenvalue weighted by Gasteiger charge is 2.21. The van der Waals surface area contributed by atoms with E-state index in [4.69, 9.17) is 32.7 Å². The van der Waals surface area contributed by atoms with Crippen LogP contribution in [0, 0.1) is 0 Å². The van der Waals surface area contributed by atoms with Crippen LogP contribution in [-0.2, 0) is 16.0 Å². The molecule has 0 radical (unpaired) electrons. The van der Waals surface area contributed by atoms with E-state index in [0.29, 0.717) is 11.8 Å². The average Bonchev–Trinajstić information content (AvgIpc) is 2.78. The van der Waals surface area contributed by atoms with Gasteiger partial charge in [0.2, 0.25) is 0 Å². The molecule has 31 heavy (non-hydrogen) atoms. The van der Waals surface area contributed by atoms with Gasteiger partial charge in [-0.15, -0.1) is 0 Å². The van der Waals surface area contributed by atoms with Crippen LogP contribution in [0.5, 0.6) is 0 Å². The van der Waals surface area contributed by atoms with Gasteiger partial charge in [-0.05, 0) is 37.7 Å². The Kier molecular flexibility index (Phi) is 6.98. The first-order chi connectivity index (χ1) is 15.0. The number of fused-ring (bicyclic) bond motifs is 1. The number of thioether (sulfide) groups is 1. The van der Waals surface area contributed by atoms with Gasteiger partial charge in [0.05, 0.1) is 28.9 Å². The number of hydrogen-bond donors (Lipinski definition) is 0. The summed E-state index contributed by atoms with van der Waals surface area (Å²) in [6.45, 7) is 1.04. The summed E-state index contributed by atoms with van der Waals surface area (Å²) in [5, 5.41) is 1.00. The maximum absolute atomic E-state index is 13.4. The lowest BCUT2D eigenvalue weighted by Gasteiger charge is -2.23. The lowest BCUT2D eigenvalue weighted by Crippen LogP contribution is -2.40. The van der Waals surface area contributed by atoms with E-state index in [1.165, 1.54) is 22.5 Å². The Balaban J connectivity index is 1.84. The Hall–Kier alpha value is -1.91. The van der Waals surface area contributed by atoms with E-state index in [1.807, 2.05) is 6.26 Å². The third-order valence-corrected chi connectivity index (χ3v) is 6.13. The summed E-state index contributed by atoms with van der Waals surface area (Å²) in [6, 6.07) is 4.78. The largest absolute Gasteiger partial charge is 0.353 e. The molecule has 0 aliphatic carbocycles. The van der Waals surface area contributed by atoms with Gasteiger partial charge in [0.25, 0.3) is 5.56 Å². The summed E-state index contributed by atoms with van der Waals surface area (Å²) in [6.07, 6.45) is 5.80. The number of ether oxygens (including phenoxy) is 2. The molecule has 1 unspecified atom stereocenters. The van der Waals surface area contributed by atoms with Crippen LogP contribution in [0.15, 0.2) is 39.1 Å². The van der Waals surface area contributed by atoms with E-state index in [0.717, 1.165) is 23.8 Å². The van der Waals surface area contributed by atoms with E-state index in [1.54, 1.807) is 18.2 Å². The molecule has 8 nitrogen and oxygen atoms in total. The third kappa shape index (κ3) is 4.51. The van der Waals surface area contributed by atoms with Gasteiger partial charge in [-0.1, -0.05) is 41.0 Å². The molecule has 0 N–H and O–H groups in total. The molecule has 1 aliphatic heterocycles. The molecule has 0 amide bonds. The van der Waals surface area contributed by atoms with Crippen LogP contribution in [0.4, 0.5) is 0 Å². The van der Waals surface area contributed by atoms with Crippen LogP contribution in [0.3, 0.4) is 0 Å². The molecule has 3 aromatic rings. The minimum atomic E-state index is -0.605. The highest BCUT2D eigenvalue weighted by atomic mass is 35.5. The average molecular weight is 483 g/mol. The van der Waals surface area contributed by atoms with Crippen molar-refractivity contribution in [3.05, 3.63) is 55.3 Å². The van der Waals surface area contributed by atoms with Gasteiger partial charge >= 0.3 is 5.69 Å². The normalized spacial score (nSPS) is 16.7. The number of para-hydroxylation sites is 1. The van der Waals surface area contributed by atoms with Crippen LogP contribution in [0.2, 0.25) is 10.0 Å². The number of nitrogens with zero attached hydrogens (tertiary/aromatic N) is 4. The number of rotatable bonds is 6. The quantitative estimate of drug-likeness (QED) is 0.392. The molecule has 4 rings (SSSR count). The first kappa shape index (κ1) is 22.3. The van der Waals surface area contributed by atoms with E-state index >= 15 is 0 Å². The highest BCUT2D eigenvalue weighted by Crippen LogP contribution is 2.26. The summed E-state index contributed by atoms with van der Waals surface area (Å²) < 4.78 is 13.7. The first-order valence-corrected chi connectivity index (χ1v) is 11.7. The second-order valence-electron chi connectivity index (χ2n) is 6.91. The van der Waals surface area contributed by atoms with Gasteiger partial charge in [-0.3, -0.25) is 9.36 Å². The molecule has 3 heterocycles. The van der Waals surface area contributed by atoms with E-state index in [-0.39, 0.29) is 46.2 Å². The zero-order chi connectivity index (χ0) is 22.0. The molecular weight excluding hydrogens is 463 g/mol. The lowest BCUT2D eigenvalue weighted by atomic mass is 10.2. The molecule has 1 fully saturated rings. The van der Waals surface area contributed by atoms with Gasteiger partial charge in [0, 0.05) is 12.8 Å². The molecule has 1 aromatic carbocycles. The molecule has 0 spiro atoms. The number of benzene rings is 1. The number of halogens is 2. The van der Waals surface area contributed by atoms with Gasteiger partial charge < -0.3 is 9.47 Å². The van der Waals surface area contributed by atoms with Gasteiger partial charge in [0.15, 0.2) is 17.1 Å². The molecule has 11 heteroatoms. The molecule has 1 aliphatic rings. The van der Waals surface area contributed by atoms with Gasteiger partial charge in [-0.2, -0.15) is 0 Å². The fourth-order valence-corrected chi connectivity index (χ4v) is 4.35. The monoisotopic (exact) mass is 482 g/mol. The van der Waals surface area contributed by atoms with Crippen LogP contribution in [-0.4, -0.2) is 44.9 Å². The van der Waals surface area contributed by atoms with Crippen molar-refractivity contribution < 1.29 is 9.47 Å². The predicted molar refractivity (Wildman–Crippen MR) is 121 cm³/mol. The molecule has 0 bridgehead atoms. The van der Waals surface area contributed by atoms with Crippen molar-refractivity contribution in [1.29, 1.82) is 0 Å². The summed E-state index contributed by atoms with van der Waals surface area (Å²) in [4.78, 5) is 35.3. The molecule has 1 atom stereocenters. The fourth-order valence-electron chi connectivity index (χ4n) is 3.45. The Labute approximate surface area is 192 Å². The number of hydrogen-bond acceptors (Lipinski definition) is 7. The van der Waals surface area contributed by atoms with Crippen LogP contribution < -0.4 is 11.2 Å².